The van der Waals surface area contributed by atoms with Gasteiger partial charge in [-0.3, -0.25) is 0 Å². The molecular weight excluding hydrogens is 254 g/mol. The summed E-state index contributed by atoms with van der Waals surface area (Å²) in [5.74, 6) is 2.06. The lowest BCUT2D eigenvalue weighted by molar-refractivity contribution is 0.200. The van der Waals surface area contributed by atoms with Gasteiger partial charge in [0, 0.05) is 25.5 Å². The van der Waals surface area contributed by atoms with E-state index in [1.165, 1.54) is 16.3 Å². The SMILES string of the molecule is COCCCSCC(N)c1cccc2ccccc12. The molecule has 1 atom stereocenters. The molecule has 1 unspecified atom stereocenters. The molecular formula is C16H21NOS. The molecule has 0 aliphatic carbocycles. The highest BCUT2D eigenvalue weighted by molar-refractivity contribution is 7.99. The third-order valence-electron chi connectivity index (χ3n) is 3.16. The van der Waals surface area contributed by atoms with Crippen LogP contribution in [0.2, 0.25) is 0 Å². The van der Waals surface area contributed by atoms with E-state index >= 15 is 0 Å². The molecule has 0 saturated heterocycles. The van der Waals surface area contributed by atoms with E-state index in [1.807, 2.05) is 11.8 Å². The van der Waals surface area contributed by atoms with E-state index in [2.05, 4.69) is 42.5 Å². The van der Waals surface area contributed by atoms with Crippen molar-refractivity contribution in [2.45, 2.75) is 12.5 Å². The van der Waals surface area contributed by atoms with Crippen molar-refractivity contribution in [1.29, 1.82) is 0 Å². The maximum absolute atomic E-state index is 6.32. The second kappa shape index (κ2) is 7.53. The molecule has 19 heavy (non-hydrogen) atoms. The maximum atomic E-state index is 6.32. The van der Waals surface area contributed by atoms with Crippen LogP contribution in [-0.4, -0.2) is 25.2 Å². The molecule has 2 aromatic rings. The first-order valence-corrected chi connectivity index (χ1v) is 7.78. The van der Waals surface area contributed by atoms with Gasteiger partial charge in [0.15, 0.2) is 0 Å². The van der Waals surface area contributed by atoms with Gasteiger partial charge in [-0.15, -0.1) is 0 Å². The van der Waals surface area contributed by atoms with E-state index in [9.17, 15) is 0 Å². The summed E-state index contributed by atoms with van der Waals surface area (Å²) in [7, 11) is 1.74. The fourth-order valence-electron chi connectivity index (χ4n) is 2.18. The molecule has 2 rings (SSSR count). The van der Waals surface area contributed by atoms with Gasteiger partial charge in [0.25, 0.3) is 0 Å². The van der Waals surface area contributed by atoms with Crippen LogP contribution in [0.25, 0.3) is 10.8 Å². The topological polar surface area (TPSA) is 35.2 Å². The summed E-state index contributed by atoms with van der Waals surface area (Å²) in [4.78, 5) is 0. The summed E-state index contributed by atoms with van der Waals surface area (Å²) >= 11 is 1.90. The molecule has 2 nitrogen and oxygen atoms in total. The number of rotatable bonds is 7. The smallest absolute Gasteiger partial charge is 0.0470 e. The number of hydrogen-bond donors (Lipinski definition) is 1. The first-order valence-electron chi connectivity index (χ1n) is 6.63. The lowest BCUT2D eigenvalue weighted by Crippen LogP contribution is -2.13. The molecule has 0 aliphatic rings. The molecule has 0 heterocycles. The lowest BCUT2D eigenvalue weighted by Gasteiger charge is -2.14. The molecule has 0 aliphatic heterocycles. The van der Waals surface area contributed by atoms with Crippen molar-refractivity contribution in [3.63, 3.8) is 0 Å². The number of nitrogens with two attached hydrogens (primary N) is 1. The van der Waals surface area contributed by atoms with Gasteiger partial charge in [0.1, 0.15) is 0 Å². The minimum absolute atomic E-state index is 0.0960. The van der Waals surface area contributed by atoms with Crippen LogP contribution in [0.4, 0.5) is 0 Å². The van der Waals surface area contributed by atoms with E-state index in [4.69, 9.17) is 10.5 Å². The van der Waals surface area contributed by atoms with Gasteiger partial charge in [-0.05, 0) is 28.5 Å². The second-order valence-corrected chi connectivity index (χ2v) is 5.75. The molecule has 0 spiro atoms. The first kappa shape index (κ1) is 14.4. The Morgan fingerprint density at radius 1 is 1.16 bits per heavy atom. The second-order valence-electron chi connectivity index (χ2n) is 4.60. The standard InChI is InChI=1S/C16H21NOS/c1-18-10-5-11-19-12-16(17)15-9-4-7-13-6-2-3-8-14(13)15/h2-4,6-9,16H,5,10-12,17H2,1H3. The lowest BCUT2D eigenvalue weighted by atomic mass is 10.0. The van der Waals surface area contributed by atoms with E-state index < -0.39 is 0 Å². The van der Waals surface area contributed by atoms with Crippen LogP contribution >= 0.6 is 11.8 Å². The van der Waals surface area contributed by atoms with Crippen LogP contribution in [0.3, 0.4) is 0 Å². The van der Waals surface area contributed by atoms with Gasteiger partial charge >= 0.3 is 0 Å². The molecule has 0 bridgehead atoms. The number of benzene rings is 2. The predicted molar refractivity (Wildman–Crippen MR) is 84.7 cm³/mol. The van der Waals surface area contributed by atoms with Gasteiger partial charge in [0.05, 0.1) is 0 Å². The summed E-state index contributed by atoms with van der Waals surface area (Å²) in [5, 5.41) is 2.54. The summed E-state index contributed by atoms with van der Waals surface area (Å²) in [6.07, 6.45) is 1.09. The van der Waals surface area contributed by atoms with Crippen LogP contribution in [-0.2, 0) is 4.74 Å². The zero-order chi connectivity index (χ0) is 13.5. The van der Waals surface area contributed by atoms with E-state index in [0.29, 0.717) is 0 Å². The van der Waals surface area contributed by atoms with Crippen LogP contribution in [0, 0.1) is 0 Å². The fraction of sp³-hybridized carbons (Fsp3) is 0.375. The minimum Gasteiger partial charge on any atom is -0.385 e. The van der Waals surface area contributed by atoms with Crippen molar-refractivity contribution in [3.05, 3.63) is 48.0 Å². The van der Waals surface area contributed by atoms with Crippen LogP contribution in [0.1, 0.15) is 18.0 Å². The third kappa shape index (κ3) is 3.96. The van der Waals surface area contributed by atoms with Gasteiger partial charge in [-0.25, -0.2) is 0 Å². The number of fused-ring (bicyclic) bond motifs is 1. The molecule has 0 saturated carbocycles. The first-order chi connectivity index (χ1) is 9.33. The van der Waals surface area contributed by atoms with Crippen LogP contribution < -0.4 is 5.73 Å². The largest absolute Gasteiger partial charge is 0.385 e. The highest BCUT2D eigenvalue weighted by atomic mass is 32.2. The van der Waals surface area contributed by atoms with E-state index in [-0.39, 0.29) is 6.04 Å². The van der Waals surface area contributed by atoms with Crippen molar-refractivity contribution < 1.29 is 4.74 Å². The van der Waals surface area contributed by atoms with Crippen LogP contribution in [0.15, 0.2) is 42.5 Å². The Hall–Kier alpha value is -1.03. The fourth-order valence-corrected chi connectivity index (χ4v) is 3.10. The maximum Gasteiger partial charge on any atom is 0.0470 e. The third-order valence-corrected chi connectivity index (χ3v) is 4.33. The van der Waals surface area contributed by atoms with Crippen molar-refractivity contribution in [3.8, 4) is 0 Å². The van der Waals surface area contributed by atoms with Gasteiger partial charge in [0.2, 0.25) is 0 Å². The zero-order valence-corrected chi connectivity index (χ0v) is 12.2. The molecule has 0 aromatic heterocycles. The van der Waals surface area contributed by atoms with Crippen molar-refractivity contribution in [2.75, 3.05) is 25.2 Å². The molecule has 0 fully saturated rings. The molecule has 2 N–H and O–H groups in total. The summed E-state index contributed by atoms with van der Waals surface area (Å²) < 4.78 is 5.05. The van der Waals surface area contributed by atoms with Gasteiger partial charge in [-0.2, -0.15) is 11.8 Å². The average molecular weight is 275 g/mol. The summed E-state index contributed by atoms with van der Waals surface area (Å²) in [5.41, 5.74) is 7.57. The Balaban J connectivity index is 1.99. The van der Waals surface area contributed by atoms with Crippen molar-refractivity contribution >= 4 is 22.5 Å². The highest BCUT2D eigenvalue weighted by Gasteiger charge is 2.09. The number of ether oxygens (including phenoxy) is 1. The van der Waals surface area contributed by atoms with Crippen molar-refractivity contribution in [2.24, 2.45) is 5.73 Å². The molecule has 2 aromatic carbocycles. The molecule has 3 heteroatoms. The average Bonchev–Trinajstić information content (AvgIpc) is 2.46. The Morgan fingerprint density at radius 2 is 1.95 bits per heavy atom. The Kier molecular flexibility index (Phi) is 5.70. The summed E-state index contributed by atoms with van der Waals surface area (Å²) in [6, 6.07) is 14.9. The van der Waals surface area contributed by atoms with Crippen LogP contribution in [0.5, 0.6) is 0 Å². The highest BCUT2D eigenvalue weighted by Crippen LogP contribution is 2.25. The van der Waals surface area contributed by atoms with Gasteiger partial charge < -0.3 is 10.5 Å². The molecule has 102 valence electrons. The Morgan fingerprint density at radius 3 is 2.79 bits per heavy atom. The van der Waals surface area contributed by atoms with Crippen molar-refractivity contribution in [1.82, 2.24) is 0 Å². The predicted octanol–water partition coefficient (Wildman–Crippen LogP) is 3.61. The normalized spacial score (nSPS) is 12.7. The Labute approximate surface area is 119 Å². The molecule has 0 amide bonds. The van der Waals surface area contributed by atoms with E-state index in [1.54, 1.807) is 7.11 Å². The Bertz CT molecular complexity index is 510. The molecule has 0 radical (unpaired) electrons. The van der Waals surface area contributed by atoms with Gasteiger partial charge in [-0.1, -0.05) is 42.5 Å². The number of hydrogen-bond acceptors (Lipinski definition) is 3. The number of thioether (sulfide) groups is 1. The quantitative estimate of drug-likeness (QED) is 0.784. The monoisotopic (exact) mass is 275 g/mol. The zero-order valence-electron chi connectivity index (χ0n) is 11.3. The van der Waals surface area contributed by atoms with E-state index in [0.717, 1.165) is 24.5 Å². The summed E-state index contributed by atoms with van der Waals surface area (Å²) in [6.45, 7) is 0.830. The number of methoxy groups -OCH3 is 1. The minimum atomic E-state index is 0.0960.